The van der Waals surface area contributed by atoms with E-state index in [4.69, 9.17) is 4.74 Å². The van der Waals surface area contributed by atoms with Gasteiger partial charge in [0, 0.05) is 13.0 Å². The summed E-state index contributed by atoms with van der Waals surface area (Å²) >= 11 is 0. The highest BCUT2D eigenvalue weighted by Gasteiger charge is 2.10. The molecule has 1 rings (SSSR count). The second kappa shape index (κ2) is 6.04. The first kappa shape index (κ1) is 14.0. The van der Waals surface area contributed by atoms with E-state index in [-0.39, 0.29) is 30.4 Å². The Bertz CT molecular complexity index is 543. The highest BCUT2D eigenvalue weighted by Crippen LogP contribution is 2.09. The maximum absolute atomic E-state index is 11.4. The van der Waals surface area contributed by atoms with Crippen molar-refractivity contribution in [1.29, 1.82) is 0 Å². The van der Waals surface area contributed by atoms with Crippen LogP contribution in [0.5, 0.6) is 5.88 Å². The number of carbonyl (C=O) groups excluding carboxylic acids is 1. The molecule has 0 bridgehead atoms. The lowest BCUT2D eigenvalue weighted by Crippen LogP contribution is -2.31. The number of nitrogens with one attached hydrogen (secondary N) is 1. The molecular formula is C11H16N2O5. The number of aromatic hydroxyl groups is 1. The van der Waals surface area contributed by atoms with E-state index in [9.17, 15) is 19.5 Å². The fraction of sp³-hybridized carbons (Fsp3) is 0.545. The molecule has 2 N–H and O–H groups in total. The molecule has 1 aromatic heterocycles. The molecule has 0 atom stereocenters. The molecule has 0 saturated heterocycles. The van der Waals surface area contributed by atoms with E-state index in [0.29, 0.717) is 13.0 Å². The molecule has 1 heterocycles. The first-order valence-electron chi connectivity index (χ1n) is 5.65. The van der Waals surface area contributed by atoms with Gasteiger partial charge in [0.25, 0.3) is 5.56 Å². The summed E-state index contributed by atoms with van der Waals surface area (Å²) in [6.07, 6.45) is 0.496. The third-order valence-corrected chi connectivity index (χ3v) is 2.47. The summed E-state index contributed by atoms with van der Waals surface area (Å²) in [5.74, 6) is -0.723. The van der Waals surface area contributed by atoms with Crippen LogP contribution in [0.15, 0.2) is 9.59 Å². The SMILES string of the molecule is CCOC(=O)CCCn1c(O)c(C)c(=O)[nH]c1=O. The Labute approximate surface area is 103 Å². The second-order valence-corrected chi connectivity index (χ2v) is 3.77. The normalized spacial score (nSPS) is 10.3. The van der Waals surface area contributed by atoms with Crippen LogP contribution >= 0.6 is 0 Å². The van der Waals surface area contributed by atoms with E-state index in [2.05, 4.69) is 4.98 Å². The Hall–Kier alpha value is -2.05. The number of esters is 1. The van der Waals surface area contributed by atoms with Crippen LogP contribution in [-0.2, 0) is 16.1 Å². The summed E-state index contributed by atoms with van der Waals surface area (Å²) in [6, 6.07) is 0. The fourth-order valence-corrected chi connectivity index (χ4v) is 1.48. The number of aromatic nitrogens is 2. The molecule has 0 aliphatic heterocycles. The van der Waals surface area contributed by atoms with E-state index in [1.54, 1.807) is 6.92 Å². The highest BCUT2D eigenvalue weighted by molar-refractivity contribution is 5.69. The van der Waals surface area contributed by atoms with E-state index in [0.717, 1.165) is 4.57 Å². The average Bonchev–Trinajstić information content (AvgIpc) is 2.31. The van der Waals surface area contributed by atoms with Gasteiger partial charge in [0.2, 0.25) is 5.88 Å². The average molecular weight is 256 g/mol. The zero-order valence-electron chi connectivity index (χ0n) is 10.4. The van der Waals surface area contributed by atoms with Crippen molar-refractivity contribution >= 4 is 5.97 Å². The van der Waals surface area contributed by atoms with Gasteiger partial charge in [-0.1, -0.05) is 0 Å². The number of ether oxygens (including phenoxy) is 1. The van der Waals surface area contributed by atoms with Crippen LogP contribution < -0.4 is 11.2 Å². The molecule has 0 aromatic carbocycles. The van der Waals surface area contributed by atoms with Crippen LogP contribution in [0.4, 0.5) is 0 Å². The zero-order chi connectivity index (χ0) is 13.7. The molecular weight excluding hydrogens is 240 g/mol. The van der Waals surface area contributed by atoms with Gasteiger partial charge in [-0.15, -0.1) is 0 Å². The maximum atomic E-state index is 11.4. The smallest absolute Gasteiger partial charge is 0.331 e. The van der Waals surface area contributed by atoms with Crippen LogP contribution in [0.1, 0.15) is 25.3 Å². The van der Waals surface area contributed by atoms with Crippen molar-refractivity contribution in [3.05, 3.63) is 26.4 Å². The quantitative estimate of drug-likeness (QED) is 0.716. The minimum atomic E-state index is -0.688. The minimum Gasteiger partial charge on any atom is -0.494 e. The lowest BCUT2D eigenvalue weighted by molar-refractivity contribution is -0.143. The molecule has 0 fully saturated rings. The Morgan fingerprint density at radius 3 is 2.72 bits per heavy atom. The summed E-state index contributed by atoms with van der Waals surface area (Å²) in [5, 5.41) is 9.65. The molecule has 7 heteroatoms. The van der Waals surface area contributed by atoms with Crippen molar-refractivity contribution in [2.45, 2.75) is 33.2 Å². The number of H-pyrrole nitrogens is 1. The molecule has 0 spiro atoms. The van der Waals surface area contributed by atoms with Gasteiger partial charge < -0.3 is 9.84 Å². The molecule has 0 saturated carbocycles. The van der Waals surface area contributed by atoms with Crippen molar-refractivity contribution in [3.63, 3.8) is 0 Å². The molecule has 0 amide bonds. The lowest BCUT2D eigenvalue weighted by atomic mass is 10.3. The summed E-state index contributed by atoms with van der Waals surface area (Å²) < 4.78 is 5.76. The topological polar surface area (TPSA) is 101 Å². The number of carbonyl (C=O) groups is 1. The monoisotopic (exact) mass is 256 g/mol. The summed E-state index contributed by atoms with van der Waals surface area (Å²) in [7, 11) is 0. The van der Waals surface area contributed by atoms with Crippen LogP contribution in [-0.4, -0.2) is 27.2 Å². The van der Waals surface area contributed by atoms with Crippen molar-refractivity contribution in [3.8, 4) is 5.88 Å². The molecule has 1 aromatic rings. The Morgan fingerprint density at radius 1 is 1.44 bits per heavy atom. The molecule has 18 heavy (non-hydrogen) atoms. The van der Waals surface area contributed by atoms with Crippen molar-refractivity contribution in [2.75, 3.05) is 6.61 Å². The zero-order valence-corrected chi connectivity index (χ0v) is 10.4. The molecule has 100 valence electrons. The van der Waals surface area contributed by atoms with E-state index in [1.807, 2.05) is 0 Å². The summed E-state index contributed by atoms with van der Waals surface area (Å²) in [6.45, 7) is 3.57. The van der Waals surface area contributed by atoms with Gasteiger partial charge in [0.15, 0.2) is 0 Å². The molecule has 0 unspecified atom stereocenters. The summed E-state index contributed by atoms with van der Waals surface area (Å²) in [5.41, 5.74) is -1.23. The van der Waals surface area contributed by atoms with Crippen LogP contribution in [0.2, 0.25) is 0 Å². The number of rotatable bonds is 5. The van der Waals surface area contributed by atoms with Crippen LogP contribution in [0.3, 0.4) is 0 Å². The van der Waals surface area contributed by atoms with E-state index >= 15 is 0 Å². The van der Waals surface area contributed by atoms with Crippen molar-refractivity contribution in [1.82, 2.24) is 9.55 Å². The van der Waals surface area contributed by atoms with Gasteiger partial charge in [-0.25, -0.2) is 4.79 Å². The van der Waals surface area contributed by atoms with Gasteiger partial charge in [0.1, 0.15) is 0 Å². The Balaban J connectivity index is 2.75. The largest absolute Gasteiger partial charge is 0.494 e. The molecule has 0 aliphatic rings. The first-order valence-corrected chi connectivity index (χ1v) is 5.65. The third-order valence-electron chi connectivity index (χ3n) is 2.47. The highest BCUT2D eigenvalue weighted by atomic mass is 16.5. The van der Waals surface area contributed by atoms with E-state index in [1.165, 1.54) is 6.92 Å². The standard InChI is InChI=1S/C11H16N2O5/c1-3-18-8(14)5-4-6-13-10(16)7(2)9(15)12-11(13)17/h16H,3-6H2,1-2H3,(H,12,15,17). The van der Waals surface area contributed by atoms with Gasteiger partial charge in [-0.3, -0.25) is 19.1 Å². The Kier molecular flexibility index (Phi) is 4.70. The Morgan fingerprint density at radius 2 is 2.11 bits per heavy atom. The molecule has 0 aliphatic carbocycles. The van der Waals surface area contributed by atoms with Crippen molar-refractivity contribution in [2.24, 2.45) is 0 Å². The number of hydrogen-bond acceptors (Lipinski definition) is 5. The first-order chi connectivity index (χ1) is 8.47. The van der Waals surface area contributed by atoms with E-state index < -0.39 is 11.2 Å². The molecule has 0 radical (unpaired) electrons. The summed E-state index contributed by atoms with van der Waals surface area (Å²) in [4.78, 5) is 35.8. The lowest BCUT2D eigenvalue weighted by Gasteiger charge is -2.08. The van der Waals surface area contributed by atoms with Crippen molar-refractivity contribution < 1.29 is 14.6 Å². The number of nitrogens with zero attached hydrogens (tertiary/aromatic N) is 1. The van der Waals surface area contributed by atoms with Gasteiger partial charge >= 0.3 is 11.7 Å². The second-order valence-electron chi connectivity index (χ2n) is 3.77. The van der Waals surface area contributed by atoms with Gasteiger partial charge in [-0.2, -0.15) is 0 Å². The van der Waals surface area contributed by atoms with Crippen LogP contribution in [0.25, 0.3) is 0 Å². The predicted molar refractivity (Wildman–Crippen MR) is 63.6 cm³/mol. The maximum Gasteiger partial charge on any atom is 0.331 e. The van der Waals surface area contributed by atoms with Gasteiger partial charge in [-0.05, 0) is 20.3 Å². The number of hydrogen-bond donors (Lipinski definition) is 2. The third kappa shape index (κ3) is 3.22. The minimum absolute atomic E-state index is 0.0748. The predicted octanol–water partition coefficient (Wildman–Crippen LogP) is -0.106. The fourth-order valence-electron chi connectivity index (χ4n) is 1.48. The van der Waals surface area contributed by atoms with Crippen LogP contribution in [0, 0.1) is 6.92 Å². The van der Waals surface area contributed by atoms with Gasteiger partial charge in [0.05, 0.1) is 12.2 Å². The molecule has 7 nitrogen and oxygen atoms in total. The number of aromatic amines is 1.